The Hall–Kier alpha value is -4.98. The summed E-state index contributed by atoms with van der Waals surface area (Å²) in [5.74, 6) is -0.147. The van der Waals surface area contributed by atoms with Crippen LogP contribution in [-0.2, 0) is 17.5 Å². The van der Waals surface area contributed by atoms with Gasteiger partial charge in [0.25, 0.3) is 5.56 Å². The molecule has 5 rings (SSSR count). The Morgan fingerprint density at radius 1 is 1.12 bits per heavy atom. The average Bonchev–Trinajstić information content (AvgIpc) is 3.41. The van der Waals surface area contributed by atoms with E-state index in [1.54, 1.807) is 35.7 Å². The van der Waals surface area contributed by atoms with Gasteiger partial charge in [-0.1, -0.05) is 11.6 Å². The number of fused-ring (bicyclic) bond motifs is 2. The molecule has 0 aliphatic heterocycles. The molecule has 5 aromatic rings. The van der Waals surface area contributed by atoms with Crippen molar-refractivity contribution >= 4 is 50.0 Å². The Bertz CT molecular complexity index is 2090. The lowest BCUT2D eigenvalue weighted by molar-refractivity contribution is -0.137. The number of pyridine rings is 1. The van der Waals surface area contributed by atoms with Gasteiger partial charge in [-0.3, -0.25) is 9.36 Å². The number of alkyl halides is 3. The minimum atomic E-state index is -4.72. The third kappa shape index (κ3) is 5.48. The van der Waals surface area contributed by atoms with E-state index in [1.807, 2.05) is 6.07 Å². The minimum absolute atomic E-state index is 0.0448. The zero-order valence-electron chi connectivity index (χ0n) is 22.2. The van der Waals surface area contributed by atoms with Crippen molar-refractivity contribution in [1.29, 1.82) is 10.5 Å². The number of nitrogens with zero attached hydrogens (tertiary/aromatic N) is 5. The second-order valence-electron chi connectivity index (χ2n) is 9.12. The van der Waals surface area contributed by atoms with Gasteiger partial charge in [0, 0.05) is 21.5 Å². The van der Waals surface area contributed by atoms with Crippen LogP contribution in [0.4, 0.5) is 13.2 Å². The van der Waals surface area contributed by atoms with Crippen molar-refractivity contribution in [2.45, 2.75) is 19.6 Å². The minimum Gasteiger partial charge on any atom is -0.491 e. The van der Waals surface area contributed by atoms with Crippen molar-refractivity contribution in [3.05, 3.63) is 85.4 Å². The molecule has 0 atom stereocenters. The van der Waals surface area contributed by atoms with Crippen molar-refractivity contribution < 1.29 is 27.4 Å². The summed E-state index contributed by atoms with van der Waals surface area (Å²) in [5.41, 5.74) is -0.891. The third-order valence-electron chi connectivity index (χ3n) is 6.54. The van der Waals surface area contributed by atoms with E-state index < -0.39 is 28.8 Å². The molecule has 14 heteroatoms. The van der Waals surface area contributed by atoms with Crippen LogP contribution < -0.4 is 10.3 Å². The number of aryl methyl sites for hydroxylation is 1. The number of rotatable bonds is 6. The molecule has 0 radical (unpaired) electrons. The fourth-order valence-corrected chi connectivity index (χ4v) is 5.76. The molecule has 3 heterocycles. The number of hydrogen-bond donors (Lipinski definition) is 0. The summed E-state index contributed by atoms with van der Waals surface area (Å²) in [6.07, 6.45) is -4.72. The molecule has 0 aliphatic rings. The number of halogens is 4. The highest BCUT2D eigenvalue weighted by molar-refractivity contribution is 7.18. The SMILES string of the molecule is COC(=O)c1csc2c(-c3cc(Cl)ccc3OCCn3c(C)nc4cc(C(F)(F)F)cc(C#N)c4c3=O)cc(C#N)nc12. The molecular weight excluding hydrogens is 607 g/mol. The van der Waals surface area contributed by atoms with E-state index in [1.165, 1.54) is 29.9 Å². The highest BCUT2D eigenvalue weighted by Gasteiger charge is 2.32. The number of thiophene rings is 1. The molecule has 0 aliphatic carbocycles. The molecule has 0 fully saturated rings. The van der Waals surface area contributed by atoms with Crippen LogP contribution in [0.2, 0.25) is 5.02 Å². The lowest BCUT2D eigenvalue weighted by Crippen LogP contribution is -2.27. The molecule has 2 aromatic carbocycles. The summed E-state index contributed by atoms with van der Waals surface area (Å²) in [7, 11) is 1.24. The lowest BCUT2D eigenvalue weighted by atomic mass is 10.0. The first-order valence-corrected chi connectivity index (χ1v) is 13.6. The van der Waals surface area contributed by atoms with Crippen LogP contribution in [0.5, 0.6) is 5.75 Å². The predicted octanol–water partition coefficient (Wildman–Crippen LogP) is 6.26. The van der Waals surface area contributed by atoms with Crippen molar-refractivity contribution in [1.82, 2.24) is 14.5 Å². The molecule has 0 amide bonds. The van der Waals surface area contributed by atoms with Gasteiger partial charge in [-0.15, -0.1) is 11.3 Å². The molecule has 216 valence electrons. The van der Waals surface area contributed by atoms with E-state index in [2.05, 4.69) is 9.97 Å². The number of nitriles is 2. The maximum atomic E-state index is 13.3. The second kappa shape index (κ2) is 11.4. The van der Waals surface area contributed by atoms with Crippen molar-refractivity contribution in [3.63, 3.8) is 0 Å². The van der Waals surface area contributed by atoms with E-state index in [0.29, 0.717) is 32.7 Å². The van der Waals surface area contributed by atoms with E-state index in [9.17, 15) is 33.3 Å². The summed E-state index contributed by atoms with van der Waals surface area (Å²) in [6.45, 7) is 1.33. The molecule has 0 unspecified atom stereocenters. The standard InChI is InChI=1S/C29H17ClF3N5O4S/c1-14-36-22-8-16(29(31,32)33)7-15(11-34)24(22)27(39)38(14)5-6-42-23-4-3-17(30)9-19(23)20-10-18(12-35)37-25-21(28(40)41-2)13-43-26(20)25/h3-4,7-10,13H,5-6H2,1-2H3. The van der Waals surface area contributed by atoms with Crippen LogP contribution in [0.25, 0.3) is 32.2 Å². The smallest absolute Gasteiger partial charge is 0.416 e. The highest BCUT2D eigenvalue weighted by Crippen LogP contribution is 2.40. The van der Waals surface area contributed by atoms with Gasteiger partial charge in [0.15, 0.2) is 0 Å². The Labute approximate surface area is 249 Å². The second-order valence-corrected chi connectivity index (χ2v) is 10.4. The van der Waals surface area contributed by atoms with Gasteiger partial charge in [0.05, 0.1) is 51.5 Å². The molecular formula is C29H17ClF3N5O4S. The normalized spacial score (nSPS) is 11.3. The number of benzene rings is 2. The zero-order chi connectivity index (χ0) is 31.1. The molecule has 0 saturated heterocycles. The van der Waals surface area contributed by atoms with Gasteiger partial charge < -0.3 is 9.47 Å². The van der Waals surface area contributed by atoms with E-state index >= 15 is 0 Å². The number of hydrogen-bond acceptors (Lipinski definition) is 9. The van der Waals surface area contributed by atoms with Crippen molar-refractivity contribution in [2.24, 2.45) is 0 Å². The fraction of sp³-hybridized carbons (Fsp3) is 0.172. The first kappa shape index (κ1) is 29.5. The van der Waals surface area contributed by atoms with Gasteiger partial charge >= 0.3 is 12.1 Å². The number of ether oxygens (including phenoxy) is 2. The Morgan fingerprint density at radius 3 is 2.56 bits per heavy atom. The van der Waals surface area contributed by atoms with Gasteiger partial charge in [0.1, 0.15) is 36.0 Å². The van der Waals surface area contributed by atoms with Crippen molar-refractivity contribution in [2.75, 3.05) is 13.7 Å². The van der Waals surface area contributed by atoms with E-state index in [0.717, 1.165) is 6.07 Å². The van der Waals surface area contributed by atoms with Crippen LogP contribution in [0.15, 0.2) is 46.6 Å². The number of carbonyl (C=O) groups excluding carboxylic acids is 1. The largest absolute Gasteiger partial charge is 0.491 e. The van der Waals surface area contributed by atoms with Crippen LogP contribution in [0.3, 0.4) is 0 Å². The molecule has 9 nitrogen and oxygen atoms in total. The molecule has 0 N–H and O–H groups in total. The maximum absolute atomic E-state index is 13.3. The molecule has 0 spiro atoms. The number of aromatic nitrogens is 3. The zero-order valence-corrected chi connectivity index (χ0v) is 23.8. The van der Waals surface area contributed by atoms with E-state index in [-0.39, 0.29) is 46.7 Å². The third-order valence-corrected chi connectivity index (χ3v) is 7.78. The Kier molecular flexibility index (Phi) is 7.80. The number of methoxy groups -OCH3 is 1. The topological polar surface area (TPSA) is 131 Å². The highest BCUT2D eigenvalue weighted by atomic mass is 35.5. The monoisotopic (exact) mass is 623 g/mol. The first-order chi connectivity index (χ1) is 20.5. The quantitative estimate of drug-likeness (QED) is 0.203. The van der Waals surface area contributed by atoms with Crippen LogP contribution in [0, 0.1) is 29.6 Å². The first-order valence-electron chi connectivity index (χ1n) is 12.3. The summed E-state index contributed by atoms with van der Waals surface area (Å²) in [5, 5.41) is 20.8. The van der Waals surface area contributed by atoms with Crippen LogP contribution in [0.1, 0.15) is 33.0 Å². The van der Waals surface area contributed by atoms with Crippen LogP contribution in [-0.4, -0.2) is 34.2 Å². The summed E-state index contributed by atoms with van der Waals surface area (Å²) < 4.78 is 52.6. The summed E-state index contributed by atoms with van der Waals surface area (Å²) in [6, 6.07) is 11.4. The molecule has 0 bridgehead atoms. The predicted molar refractivity (Wildman–Crippen MR) is 152 cm³/mol. The van der Waals surface area contributed by atoms with E-state index in [4.69, 9.17) is 21.1 Å². The van der Waals surface area contributed by atoms with Crippen LogP contribution >= 0.6 is 22.9 Å². The van der Waals surface area contributed by atoms with Gasteiger partial charge in [0.2, 0.25) is 0 Å². The Morgan fingerprint density at radius 2 is 1.88 bits per heavy atom. The number of carbonyl (C=O) groups is 1. The molecule has 0 saturated carbocycles. The molecule has 43 heavy (non-hydrogen) atoms. The lowest BCUT2D eigenvalue weighted by Gasteiger charge is -2.16. The van der Waals surface area contributed by atoms with Gasteiger partial charge in [-0.05, 0) is 43.3 Å². The van der Waals surface area contributed by atoms with Gasteiger partial charge in [-0.25, -0.2) is 14.8 Å². The summed E-state index contributed by atoms with van der Waals surface area (Å²) in [4.78, 5) is 34.0. The average molecular weight is 624 g/mol. The van der Waals surface area contributed by atoms with Gasteiger partial charge in [-0.2, -0.15) is 23.7 Å². The summed E-state index contributed by atoms with van der Waals surface area (Å²) >= 11 is 7.53. The fourth-order valence-electron chi connectivity index (χ4n) is 4.58. The van der Waals surface area contributed by atoms with Crippen molar-refractivity contribution in [3.8, 4) is 29.0 Å². The molecule has 3 aromatic heterocycles. The Balaban J connectivity index is 1.52. The maximum Gasteiger partial charge on any atom is 0.416 e. The number of esters is 1.